The Kier molecular flexibility index (Phi) is 5.06. The summed E-state index contributed by atoms with van der Waals surface area (Å²) in [5.41, 5.74) is 1.51. The van der Waals surface area contributed by atoms with Gasteiger partial charge in [0.05, 0.1) is 11.4 Å². The second kappa shape index (κ2) is 7.00. The molecule has 0 radical (unpaired) electrons. The summed E-state index contributed by atoms with van der Waals surface area (Å²) in [5.74, 6) is 1.04. The highest BCUT2D eigenvalue weighted by atomic mass is 32.2. The number of para-hydroxylation sites is 1. The highest BCUT2D eigenvalue weighted by Crippen LogP contribution is 2.08. The van der Waals surface area contributed by atoms with Crippen LogP contribution in [0.2, 0.25) is 0 Å². The van der Waals surface area contributed by atoms with Gasteiger partial charge in [-0.2, -0.15) is 0 Å². The Labute approximate surface area is 119 Å². The third-order valence-corrected chi connectivity index (χ3v) is 3.86. The van der Waals surface area contributed by atoms with Gasteiger partial charge in [0.2, 0.25) is 5.91 Å². The fraction of sp³-hybridized carbons (Fsp3) is 0.286. The fourth-order valence-electron chi connectivity index (χ4n) is 1.67. The zero-order chi connectivity index (χ0) is 14.4. The van der Waals surface area contributed by atoms with Gasteiger partial charge in [-0.05, 0) is 19.1 Å². The van der Waals surface area contributed by atoms with E-state index in [1.165, 1.54) is 0 Å². The lowest BCUT2D eigenvalue weighted by Gasteiger charge is -2.04. The summed E-state index contributed by atoms with van der Waals surface area (Å²) in [5, 5.41) is 6.49. The highest BCUT2D eigenvalue weighted by Gasteiger charge is 2.09. The van der Waals surface area contributed by atoms with Crippen LogP contribution < -0.4 is 5.32 Å². The summed E-state index contributed by atoms with van der Waals surface area (Å²) >= 11 is 0. The summed E-state index contributed by atoms with van der Waals surface area (Å²) in [7, 11) is -1.13. The van der Waals surface area contributed by atoms with E-state index in [9.17, 15) is 9.00 Å². The molecule has 1 N–H and O–H groups in total. The minimum atomic E-state index is -1.13. The molecule has 0 aliphatic heterocycles. The normalized spacial score (nSPS) is 12.1. The predicted octanol–water partition coefficient (Wildman–Crippen LogP) is 2.26. The molecule has 1 heterocycles. The number of rotatable bonds is 6. The Balaban J connectivity index is 1.74. The van der Waals surface area contributed by atoms with Crippen molar-refractivity contribution in [2.24, 2.45) is 0 Å². The SMILES string of the molecule is Cc1cc(CS(=O)CCC(=O)Nc2ccccc2)on1. The number of anilines is 1. The number of hydrogen-bond acceptors (Lipinski definition) is 4. The number of carbonyl (C=O) groups is 1. The van der Waals surface area contributed by atoms with Crippen LogP contribution in [0.4, 0.5) is 5.69 Å². The fourth-order valence-corrected chi connectivity index (χ4v) is 2.68. The smallest absolute Gasteiger partial charge is 0.225 e. The first kappa shape index (κ1) is 14.5. The van der Waals surface area contributed by atoms with Crippen molar-refractivity contribution in [1.29, 1.82) is 0 Å². The number of nitrogens with zero attached hydrogens (tertiary/aromatic N) is 1. The van der Waals surface area contributed by atoms with Crippen molar-refractivity contribution in [2.45, 2.75) is 19.1 Å². The molecular formula is C14H16N2O3S. The molecule has 20 heavy (non-hydrogen) atoms. The summed E-state index contributed by atoms with van der Waals surface area (Å²) < 4.78 is 16.8. The molecular weight excluding hydrogens is 276 g/mol. The number of aromatic nitrogens is 1. The van der Waals surface area contributed by atoms with Crippen LogP contribution >= 0.6 is 0 Å². The van der Waals surface area contributed by atoms with E-state index in [4.69, 9.17) is 4.52 Å². The lowest BCUT2D eigenvalue weighted by Crippen LogP contribution is -2.15. The molecule has 5 nitrogen and oxygen atoms in total. The minimum Gasteiger partial charge on any atom is -0.360 e. The van der Waals surface area contributed by atoms with E-state index >= 15 is 0 Å². The van der Waals surface area contributed by atoms with Gasteiger partial charge in [-0.15, -0.1) is 0 Å². The van der Waals surface area contributed by atoms with Crippen molar-refractivity contribution in [3.63, 3.8) is 0 Å². The second-order valence-corrected chi connectivity index (χ2v) is 5.96. The molecule has 0 aliphatic rings. The average Bonchev–Trinajstić information content (AvgIpc) is 2.83. The van der Waals surface area contributed by atoms with E-state index in [1.807, 2.05) is 37.3 Å². The summed E-state index contributed by atoms with van der Waals surface area (Å²) in [6, 6.07) is 10.9. The van der Waals surface area contributed by atoms with Crippen LogP contribution in [0, 0.1) is 6.92 Å². The first-order valence-corrected chi connectivity index (χ1v) is 7.74. The standard InChI is InChI=1S/C14H16N2O3S/c1-11-9-13(19-16-11)10-20(18)8-7-14(17)15-12-5-3-2-4-6-12/h2-6,9H,7-8,10H2,1H3,(H,15,17). The van der Waals surface area contributed by atoms with Gasteiger partial charge in [0, 0.05) is 34.7 Å². The van der Waals surface area contributed by atoms with Crippen LogP contribution in [0.15, 0.2) is 40.9 Å². The van der Waals surface area contributed by atoms with Gasteiger partial charge >= 0.3 is 0 Å². The molecule has 0 saturated carbocycles. The maximum atomic E-state index is 11.8. The summed E-state index contributed by atoms with van der Waals surface area (Å²) in [4.78, 5) is 11.7. The molecule has 2 aromatic rings. The largest absolute Gasteiger partial charge is 0.360 e. The van der Waals surface area contributed by atoms with Crippen LogP contribution in [0.5, 0.6) is 0 Å². The Morgan fingerprint density at radius 2 is 2.10 bits per heavy atom. The molecule has 1 aromatic carbocycles. The maximum absolute atomic E-state index is 11.8. The third-order valence-electron chi connectivity index (χ3n) is 2.59. The molecule has 106 valence electrons. The number of aryl methyl sites for hydroxylation is 1. The van der Waals surface area contributed by atoms with Gasteiger partial charge in [-0.25, -0.2) is 0 Å². The molecule has 0 fully saturated rings. The van der Waals surface area contributed by atoms with E-state index in [1.54, 1.807) is 6.07 Å². The summed E-state index contributed by atoms with van der Waals surface area (Å²) in [6.07, 6.45) is 0.217. The highest BCUT2D eigenvalue weighted by molar-refractivity contribution is 7.84. The number of nitrogens with one attached hydrogen (secondary N) is 1. The Hall–Kier alpha value is -1.95. The van der Waals surface area contributed by atoms with Crippen LogP contribution in [-0.4, -0.2) is 21.0 Å². The van der Waals surface area contributed by atoms with E-state index in [0.29, 0.717) is 17.3 Å². The molecule has 0 spiro atoms. The lowest BCUT2D eigenvalue weighted by molar-refractivity contribution is -0.115. The van der Waals surface area contributed by atoms with Crippen molar-refractivity contribution >= 4 is 22.4 Å². The van der Waals surface area contributed by atoms with E-state index in [0.717, 1.165) is 11.4 Å². The number of amides is 1. The van der Waals surface area contributed by atoms with Crippen LogP contribution in [0.25, 0.3) is 0 Å². The number of hydrogen-bond donors (Lipinski definition) is 1. The predicted molar refractivity (Wildman–Crippen MR) is 77.6 cm³/mol. The second-order valence-electron chi connectivity index (χ2n) is 4.39. The van der Waals surface area contributed by atoms with Gasteiger partial charge < -0.3 is 9.84 Å². The van der Waals surface area contributed by atoms with Crippen LogP contribution in [-0.2, 0) is 21.3 Å². The van der Waals surface area contributed by atoms with Crippen LogP contribution in [0.1, 0.15) is 17.9 Å². The Bertz CT molecular complexity index is 595. The van der Waals surface area contributed by atoms with Crippen molar-refractivity contribution in [3.05, 3.63) is 47.9 Å². The molecule has 1 aromatic heterocycles. The molecule has 1 atom stereocenters. The van der Waals surface area contributed by atoms with Crippen molar-refractivity contribution in [2.75, 3.05) is 11.1 Å². The van der Waals surface area contributed by atoms with Gasteiger partial charge in [-0.1, -0.05) is 23.4 Å². The van der Waals surface area contributed by atoms with Crippen LogP contribution in [0.3, 0.4) is 0 Å². The molecule has 1 amide bonds. The Morgan fingerprint density at radius 3 is 2.75 bits per heavy atom. The van der Waals surface area contributed by atoms with Gasteiger partial charge in [-0.3, -0.25) is 9.00 Å². The lowest BCUT2D eigenvalue weighted by atomic mass is 10.3. The summed E-state index contributed by atoms with van der Waals surface area (Å²) in [6.45, 7) is 1.81. The van der Waals surface area contributed by atoms with Crippen molar-refractivity contribution < 1.29 is 13.5 Å². The number of benzene rings is 1. The van der Waals surface area contributed by atoms with E-state index in [2.05, 4.69) is 10.5 Å². The molecule has 2 rings (SSSR count). The molecule has 6 heteroatoms. The first-order chi connectivity index (χ1) is 9.63. The average molecular weight is 292 g/mol. The first-order valence-electron chi connectivity index (χ1n) is 6.25. The van der Waals surface area contributed by atoms with Crippen molar-refractivity contribution in [1.82, 2.24) is 5.16 Å². The topological polar surface area (TPSA) is 72.2 Å². The molecule has 0 saturated heterocycles. The van der Waals surface area contributed by atoms with E-state index < -0.39 is 10.8 Å². The van der Waals surface area contributed by atoms with Gasteiger partial charge in [0.15, 0.2) is 0 Å². The monoisotopic (exact) mass is 292 g/mol. The van der Waals surface area contributed by atoms with Gasteiger partial charge in [0.1, 0.15) is 5.76 Å². The zero-order valence-corrected chi connectivity index (χ0v) is 12.0. The zero-order valence-electron chi connectivity index (χ0n) is 11.2. The van der Waals surface area contributed by atoms with Crippen molar-refractivity contribution in [3.8, 4) is 0 Å². The number of carbonyl (C=O) groups excluding carboxylic acids is 1. The molecule has 0 bridgehead atoms. The van der Waals surface area contributed by atoms with E-state index in [-0.39, 0.29) is 12.3 Å². The Morgan fingerprint density at radius 1 is 1.35 bits per heavy atom. The quantitative estimate of drug-likeness (QED) is 0.886. The minimum absolute atomic E-state index is 0.140. The van der Waals surface area contributed by atoms with Gasteiger partial charge in [0.25, 0.3) is 0 Å². The molecule has 1 unspecified atom stereocenters. The maximum Gasteiger partial charge on any atom is 0.225 e. The molecule has 0 aliphatic carbocycles. The third kappa shape index (κ3) is 4.62.